The van der Waals surface area contributed by atoms with Gasteiger partial charge in [-0.3, -0.25) is 9.59 Å². The van der Waals surface area contributed by atoms with Gasteiger partial charge in [0.15, 0.2) is 0 Å². The monoisotopic (exact) mass is 818 g/mol. The van der Waals surface area contributed by atoms with Gasteiger partial charge in [0.1, 0.15) is 23.7 Å². The van der Waals surface area contributed by atoms with E-state index in [2.05, 4.69) is 81.3 Å². The number of aromatic nitrogens is 4. The van der Waals surface area contributed by atoms with Crippen LogP contribution < -0.4 is 10.6 Å². The van der Waals surface area contributed by atoms with Crippen molar-refractivity contribution >= 4 is 34.8 Å². The number of nitrogens with zero attached hydrogens (tertiary/aromatic N) is 4. The number of amides is 4. The van der Waals surface area contributed by atoms with Crippen LogP contribution >= 0.6 is 0 Å². The average Bonchev–Trinajstić information content (AvgIpc) is 4.04. The third-order valence-corrected chi connectivity index (χ3v) is 11.4. The van der Waals surface area contributed by atoms with Crippen LogP contribution in [0.5, 0.6) is 0 Å². The van der Waals surface area contributed by atoms with Crippen LogP contribution in [-0.2, 0) is 19.1 Å². The van der Waals surface area contributed by atoms with Crippen LogP contribution in [0.25, 0.3) is 44.4 Å². The first-order chi connectivity index (χ1) is 28.7. The molecule has 3 heterocycles. The van der Waals surface area contributed by atoms with Gasteiger partial charge >= 0.3 is 12.2 Å². The van der Waals surface area contributed by atoms with Crippen molar-refractivity contribution in [2.45, 2.75) is 97.9 Å². The van der Waals surface area contributed by atoms with Crippen molar-refractivity contribution in [2.75, 3.05) is 20.8 Å². The zero-order valence-electron chi connectivity index (χ0n) is 36.0. The van der Waals surface area contributed by atoms with E-state index in [9.17, 15) is 19.2 Å². The number of likely N-dealkylation sites (tertiary alicyclic amines) is 1. The topological polar surface area (TPSA) is 175 Å². The lowest BCUT2D eigenvalue weighted by Crippen LogP contribution is -2.54. The Morgan fingerprint density at radius 3 is 1.90 bits per heavy atom. The molecular weight excluding hydrogens is 761 g/mol. The molecule has 1 aliphatic rings. The fourth-order valence-electron chi connectivity index (χ4n) is 8.08. The van der Waals surface area contributed by atoms with Crippen LogP contribution in [0.4, 0.5) is 9.59 Å². The third kappa shape index (κ3) is 9.32. The van der Waals surface area contributed by atoms with Crippen molar-refractivity contribution < 1.29 is 28.7 Å². The molecule has 3 aromatic carbocycles. The molecule has 14 heteroatoms. The highest BCUT2D eigenvalue weighted by Gasteiger charge is 2.38. The summed E-state index contributed by atoms with van der Waals surface area (Å²) in [4.78, 5) is 71.6. The molecule has 1 saturated heterocycles. The number of carbonyl (C=O) groups is 4. The van der Waals surface area contributed by atoms with Gasteiger partial charge in [0, 0.05) is 18.2 Å². The maximum atomic E-state index is 13.9. The first-order valence-electron chi connectivity index (χ1n) is 20.8. The average molecular weight is 819 g/mol. The Balaban J connectivity index is 1.16. The van der Waals surface area contributed by atoms with E-state index in [-0.39, 0.29) is 41.8 Å². The van der Waals surface area contributed by atoms with E-state index in [4.69, 9.17) is 19.4 Å². The number of H-pyrrole nitrogens is 2. The maximum Gasteiger partial charge on any atom is 0.407 e. The highest BCUT2D eigenvalue weighted by Crippen LogP contribution is 2.35. The number of aromatic amines is 2. The fourth-order valence-corrected chi connectivity index (χ4v) is 8.08. The zero-order chi connectivity index (χ0) is 43.2. The summed E-state index contributed by atoms with van der Waals surface area (Å²) in [7, 11) is 2.58. The summed E-state index contributed by atoms with van der Waals surface area (Å²) in [6.45, 7) is 14.1. The van der Waals surface area contributed by atoms with Gasteiger partial charge in [-0.05, 0) is 84.5 Å². The van der Waals surface area contributed by atoms with Crippen molar-refractivity contribution in [2.24, 2.45) is 11.8 Å². The predicted molar refractivity (Wildman–Crippen MR) is 232 cm³/mol. The number of benzene rings is 3. The Bertz CT molecular complexity index is 2300. The quantitative estimate of drug-likeness (QED) is 0.0864. The van der Waals surface area contributed by atoms with Gasteiger partial charge in [-0.2, -0.15) is 0 Å². The van der Waals surface area contributed by atoms with E-state index < -0.39 is 24.3 Å². The SMILES string of the molecule is CC[C@@H](c1ncc(-c2ccc(-c3ccc4cc(-c5cnc([C@@H]6CCCN6C(=O)[C@@H](NC(=O)OC)C(C)C)[nH]5)ccc4c3)cc2)[nH]1)N(C(=O)[C@@H](NC(=O)OC)C(C)C)C(C)C. The molecule has 318 valence electrons. The standard InChI is InChI=1S/C46H58N8O6/c1-10-37(54(28(6)7)44(56)40(27(4)5)52-46(58)60-9)41-47-24-35(49-41)30-15-13-29(14-16-30)31-17-18-33-23-34(20-19-32(33)22-31)36-25-48-42(50-36)38-12-11-21-53(38)43(55)39(26(2)3)51-45(57)59-8/h13-20,22-28,37-40H,10-12,21H2,1-9H3,(H,47,49)(H,48,50)(H,51,57)(H,52,58)/t37-,38-,39-,40-/m0/s1. The normalized spacial score (nSPS) is 15.6. The van der Waals surface area contributed by atoms with E-state index in [1.807, 2.05) is 59.6 Å². The van der Waals surface area contributed by atoms with E-state index in [0.717, 1.165) is 63.1 Å². The van der Waals surface area contributed by atoms with E-state index in [1.165, 1.54) is 14.2 Å². The van der Waals surface area contributed by atoms with Crippen LogP contribution in [0.1, 0.15) is 91.5 Å². The Hall–Kier alpha value is -6.18. The van der Waals surface area contributed by atoms with Crippen LogP contribution in [0.2, 0.25) is 0 Å². The second kappa shape index (κ2) is 18.8. The predicted octanol–water partition coefficient (Wildman–Crippen LogP) is 8.40. The first kappa shape index (κ1) is 43.4. The van der Waals surface area contributed by atoms with Crippen molar-refractivity contribution in [3.63, 3.8) is 0 Å². The number of fused-ring (bicyclic) bond motifs is 1. The number of ether oxygens (including phenoxy) is 2. The number of carbonyl (C=O) groups excluding carboxylic acids is 4. The van der Waals surface area contributed by atoms with Crippen LogP contribution in [0.3, 0.4) is 0 Å². The van der Waals surface area contributed by atoms with Crippen LogP contribution in [0, 0.1) is 11.8 Å². The summed E-state index contributed by atoms with van der Waals surface area (Å²) >= 11 is 0. The molecule has 1 aliphatic heterocycles. The molecule has 5 aromatic rings. The smallest absolute Gasteiger partial charge is 0.407 e. The van der Waals surface area contributed by atoms with Crippen molar-refractivity contribution in [3.05, 3.63) is 84.7 Å². The molecular formula is C46H58N8O6. The van der Waals surface area contributed by atoms with Gasteiger partial charge in [-0.25, -0.2) is 19.6 Å². The molecule has 1 fully saturated rings. The summed E-state index contributed by atoms with van der Waals surface area (Å²) in [5, 5.41) is 7.60. The zero-order valence-corrected chi connectivity index (χ0v) is 36.0. The Kier molecular flexibility index (Phi) is 13.6. The van der Waals surface area contributed by atoms with Crippen LogP contribution in [-0.4, -0.2) is 92.6 Å². The molecule has 0 aliphatic carbocycles. The van der Waals surface area contributed by atoms with E-state index in [0.29, 0.717) is 18.8 Å². The van der Waals surface area contributed by atoms with Gasteiger partial charge in [-0.15, -0.1) is 0 Å². The summed E-state index contributed by atoms with van der Waals surface area (Å²) < 4.78 is 9.57. The van der Waals surface area contributed by atoms with Gasteiger partial charge in [-0.1, -0.05) is 83.1 Å². The first-order valence-corrected chi connectivity index (χ1v) is 20.8. The fraction of sp³-hybridized carbons (Fsp3) is 0.435. The van der Waals surface area contributed by atoms with Gasteiger partial charge in [0.05, 0.1) is 50.1 Å². The molecule has 4 N–H and O–H groups in total. The van der Waals surface area contributed by atoms with Gasteiger partial charge in [0.2, 0.25) is 11.8 Å². The van der Waals surface area contributed by atoms with E-state index in [1.54, 1.807) is 11.1 Å². The minimum Gasteiger partial charge on any atom is -0.453 e. The summed E-state index contributed by atoms with van der Waals surface area (Å²) in [6, 6.07) is 18.9. The Morgan fingerprint density at radius 1 is 0.750 bits per heavy atom. The largest absolute Gasteiger partial charge is 0.453 e. The molecule has 0 saturated carbocycles. The number of hydrogen-bond donors (Lipinski definition) is 4. The van der Waals surface area contributed by atoms with Crippen LogP contribution in [0.15, 0.2) is 73.1 Å². The summed E-state index contributed by atoms with van der Waals surface area (Å²) in [6.07, 6.45) is 4.61. The number of nitrogens with one attached hydrogen (secondary N) is 4. The lowest BCUT2D eigenvalue weighted by Gasteiger charge is -2.37. The summed E-state index contributed by atoms with van der Waals surface area (Å²) in [5.74, 6) is 0.831. The number of imidazole rings is 2. The number of methoxy groups -OCH3 is 2. The lowest BCUT2D eigenvalue weighted by atomic mass is 9.98. The van der Waals surface area contributed by atoms with Crippen molar-refractivity contribution in [1.82, 2.24) is 40.4 Å². The minimum atomic E-state index is -0.741. The molecule has 0 unspecified atom stereocenters. The lowest BCUT2D eigenvalue weighted by molar-refractivity contribution is -0.139. The Labute approximate surface area is 351 Å². The molecule has 6 rings (SSSR count). The second-order valence-electron chi connectivity index (χ2n) is 16.4. The molecule has 60 heavy (non-hydrogen) atoms. The Morgan fingerprint density at radius 2 is 1.30 bits per heavy atom. The summed E-state index contributed by atoms with van der Waals surface area (Å²) in [5.41, 5.74) is 5.82. The maximum absolute atomic E-state index is 13.9. The third-order valence-electron chi connectivity index (χ3n) is 11.4. The molecule has 4 amide bonds. The highest BCUT2D eigenvalue weighted by atomic mass is 16.5. The van der Waals surface area contributed by atoms with Crippen molar-refractivity contribution in [1.29, 1.82) is 0 Å². The highest BCUT2D eigenvalue weighted by molar-refractivity contribution is 5.91. The number of hydrogen-bond acceptors (Lipinski definition) is 8. The van der Waals surface area contributed by atoms with Gasteiger partial charge < -0.3 is 39.9 Å². The second-order valence-corrected chi connectivity index (χ2v) is 16.4. The number of alkyl carbamates (subject to hydrolysis) is 2. The molecule has 0 radical (unpaired) electrons. The molecule has 4 atom stereocenters. The van der Waals surface area contributed by atoms with E-state index >= 15 is 0 Å². The molecule has 2 aromatic heterocycles. The molecule has 0 spiro atoms. The van der Waals surface area contributed by atoms with Gasteiger partial charge in [0.25, 0.3) is 0 Å². The molecule has 0 bridgehead atoms. The van der Waals surface area contributed by atoms with Crippen molar-refractivity contribution in [3.8, 4) is 33.6 Å². The number of rotatable bonds is 14. The molecule has 14 nitrogen and oxygen atoms in total. The minimum absolute atomic E-state index is 0.108.